The highest BCUT2D eigenvalue weighted by atomic mass is 32.2. The molecule has 0 aromatic heterocycles. The lowest BCUT2D eigenvalue weighted by atomic mass is 9.67. The van der Waals surface area contributed by atoms with Crippen molar-refractivity contribution in [3.8, 4) is 0 Å². The summed E-state index contributed by atoms with van der Waals surface area (Å²) in [6, 6.07) is 29.3. The third-order valence-corrected chi connectivity index (χ3v) is 9.22. The molecule has 3 atom stereocenters. The largest absolute Gasteiger partial charge is 0.273 e. The van der Waals surface area contributed by atoms with Gasteiger partial charge in [-0.1, -0.05) is 84.4 Å². The van der Waals surface area contributed by atoms with Gasteiger partial charge in [-0.15, -0.1) is 0 Å². The van der Waals surface area contributed by atoms with Crippen molar-refractivity contribution in [2.75, 3.05) is 6.54 Å². The predicted octanol–water partition coefficient (Wildman–Crippen LogP) is 5.30. The van der Waals surface area contributed by atoms with Gasteiger partial charge in [-0.2, -0.15) is 0 Å². The number of carbonyl (C=O) groups excluding carboxylic acids is 1. The van der Waals surface area contributed by atoms with Gasteiger partial charge in [0.2, 0.25) is 5.91 Å². The van der Waals surface area contributed by atoms with Crippen LogP contribution in [-0.4, -0.2) is 25.2 Å². The molecule has 2 aliphatic rings. The molecule has 3 unspecified atom stereocenters. The summed E-state index contributed by atoms with van der Waals surface area (Å²) < 4.78 is 28.2. The molecule has 1 saturated heterocycles. The number of benzene rings is 4. The van der Waals surface area contributed by atoms with Gasteiger partial charge in [-0.3, -0.25) is 4.79 Å². The Morgan fingerprint density at radius 1 is 0.824 bits per heavy atom. The molecule has 6 rings (SSSR count). The Bertz CT molecular complexity index is 1510. The van der Waals surface area contributed by atoms with E-state index in [1.54, 1.807) is 24.3 Å². The van der Waals surface area contributed by atoms with Crippen molar-refractivity contribution in [3.05, 3.63) is 113 Å². The van der Waals surface area contributed by atoms with E-state index in [1.165, 1.54) is 16.3 Å². The van der Waals surface area contributed by atoms with Crippen LogP contribution < -0.4 is 0 Å². The first-order valence-electron chi connectivity index (χ1n) is 11.6. The summed E-state index contributed by atoms with van der Waals surface area (Å²) >= 11 is 0. The molecule has 1 amide bonds. The van der Waals surface area contributed by atoms with Crippen molar-refractivity contribution in [2.45, 2.75) is 24.2 Å². The smallest absolute Gasteiger partial charge is 0.266 e. The summed E-state index contributed by atoms with van der Waals surface area (Å²) in [6.45, 7) is 2.13. The minimum atomic E-state index is -3.91. The van der Waals surface area contributed by atoms with E-state index < -0.39 is 15.9 Å². The van der Waals surface area contributed by atoms with Gasteiger partial charge in [0.05, 0.1) is 10.8 Å². The molecule has 0 N–H and O–H groups in total. The fourth-order valence-electron chi connectivity index (χ4n) is 5.82. The molecule has 4 aromatic carbocycles. The Morgan fingerprint density at radius 2 is 1.53 bits per heavy atom. The van der Waals surface area contributed by atoms with Crippen LogP contribution in [0.1, 0.15) is 28.2 Å². The van der Waals surface area contributed by atoms with Crippen LogP contribution >= 0.6 is 0 Å². The van der Waals surface area contributed by atoms with Crippen LogP contribution in [0.15, 0.2) is 95.9 Å². The van der Waals surface area contributed by atoms with Crippen molar-refractivity contribution in [3.63, 3.8) is 0 Å². The Morgan fingerprint density at radius 3 is 2.29 bits per heavy atom. The average molecular weight is 468 g/mol. The van der Waals surface area contributed by atoms with E-state index in [1.807, 2.05) is 37.3 Å². The summed E-state index contributed by atoms with van der Waals surface area (Å²) in [4.78, 5) is 14.0. The lowest BCUT2D eigenvalue weighted by molar-refractivity contribution is -0.127. The van der Waals surface area contributed by atoms with Gasteiger partial charge in [0, 0.05) is 12.5 Å². The Hall–Kier alpha value is -3.44. The van der Waals surface area contributed by atoms with Crippen LogP contribution in [0.5, 0.6) is 0 Å². The molecule has 4 nitrogen and oxygen atoms in total. The van der Waals surface area contributed by atoms with Gasteiger partial charge in [0.25, 0.3) is 10.0 Å². The molecule has 34 heavy (non-hydrogen) atoms. The lowest BCUT2D eigenvalue weighted by Gasteiger charge is -2.35. The normalized spacial score (nSPS) is 22.0. The third kappa shape index (κ3) is 3.18. The Labute approximate surface area is 199 Å². The summed E-state index contributed by atoms with van der Waals surface area (Å²) in [5.74, 6) is -0.948. The highest BCUT2D eigenvalue weighted by molar-refractivity contribution is 7.89. The third-order valence-electron chi connectivity index (χ3n) is 7.44. The van der Waals surface area contributed by atoms with Crippen molar-refractivity contribution in [1.29, 1.82) is 0 Å². The molecule has 170 valence electrons. The second-order valence-electron chi connectivity index (χ2n) is 9.42. The molecule has 0 spiro atoms. The fourth-order valence-corrected chi connectivity index (χ4v) is 7.30. The fraction of sp³-hybridized carbons (Fsp3) is 0.207. The first-order chi connectivity index (χ1) is 16.4. The molecule has 0 saturated carbocycles. The predicted molar refractivity (Wildman–Crippen MR) is 133 cm³/mol. The second kappa shape index (κ2) is 7.81. The molecular weight excluding hydrogens is 442 g/mol. The number of sulfonamides is 1. The van der Waals surface area contributed by atoms with E-state index in [9.17, 15) is 13.2 Å². The topological polar surface area (TPSA) is 54.5 Å². The van der Waals surface area contributed by atoms with Gasteiger partial charge >= 0.3 is 0 Å². The molecule has 1 heterocycles. The van der Waals surface area contributed by atoms with Crippen molar-refractivity contribution >= 4 is 26.7 Å². The van der Waals surface area contributed by atoms with Crippen LogP contribution in [0, 0.1) is 18.8 Å². The van der Waals surface area contributed by atoms with Gasteiger partial charge in [-0.05, 0) is 58.9 Å². The van der Waals surface area contributed by atoms with Crippen molar-refractivity contribution in [2.24, 2.45) is 11.8 Å². The molecular formula is C29H25NO3S. The summed E-state index contributed by atoms with van der Waals surface area (Å²) in [6.07, 6.45) is 0.691. The second-order valence-corrected chi connectivity index (χ2v) is 11.3. The van der Waals surface area contributed by atoms with Gasteiger partial charge in [0.1, 0.15) is 0 Å². The van der Waals surface area contributed by atoms with Gasteiger partial charge in [0.15, 0.2) is 0 Å². The molecule has 1 aliphatic carbocycles. The quantitative estimate of drug-likeness (QED) is 0.411. The lowest BCUT2D eigenvalue weighted by Crippen LogP contribution is -2.36. The van der Waals surface area contributed by atoms with Crippen LogP contribution in [0.25, 0.3) is 10.8 Å². The molecule has 1 fully saturated rings. The number of rotatable bonds is 3. The molecule has 0 radical (unpaired) electrons. The van der Waals surface area contributed by atoms with Crippen molar-refractivity contribution in [1.82, 2.24) is 4.31 Å². The van der Waals surface area contributed by atoms with E-state index >= 15 is 0 Å². The minimum absolute atomic E-state index is 0.0729. The van der Waals surface area contributed by atoms with Crippen LogP contribution in [0.4, 0.5) is 0 Å². The highest BCUT2D eigenvalue weighted by Gasteiger charge is 2.52. The number of hydrogen-bond acceptors (Lipinski definition) is 3. The van der Waals surface area contributed by atoms with Crippen LogP contribution in [0.3, 0.4) is 0 Å². The number of carbonyl (C=O) groups is 1. The maximum Gasteiger partial charge on any atom is 0.266 e. The average Bonchev–Trinajstić information content (AvgIpc) is 3.20. The van der Waals surface area contributed by atoms with E-state index in [2.05, 4.69) is 36.4 Å². The number of aryl methyl sites for hydroxylation is 1. The standard InChI is InChI=1S/C29H25NO3S/c1-19-11-14-23(15-12-19)34(32,33)30-18-22-17-26-24-10-6-5-7-20(24)13-16-25(26)27(28(22)29(30)31)21-8-3-2-4-9-21/h2-16,22,27-28H,17-18H2,1H3. The monoisotopic (exact) mass is 467 g/mol. The van der Waals surface area contributed by atoms with Gasteiger partial charge < -0.3 is 0 Å². The first kappa shape index (κ1) is 21.1. The Balaban J connectivity index is 1.50. The number of hydrogen-bond donors (Lipinski definition) is 0. The Kier molecular flexibility index (Phi) is 4.85. The van der Waals surface area contributed by atoms with Crippen LogP contribution in [0.2, 0.25) is 0 Å². The number of nitrogens with zero attached hydrogens (tertiary/aromatic N) is 1. The van der Waals surface area contributed by atoms with Crippen molar-refractivity contribution < 1.29 is 13.2 Å². The number of fused-ring (bicyclic) bond motifs is 4. The number of amides is 1. The molecule has 5 heteroatoms. The molecule has 1 aliphatic heterocycles. The highest BCUT2D eigenvalue weighted by Crippen LogP contribution is 2.50. The van der Waals surface area contributed by atoms with Crippen LogP contribution in [-0.2, 0) is 21.2 Å². The zero-order valence-corrected chi connectivity index (χ0v) is 19.7. The maximum absolute atomic E-state index is 13.8. The van der Waals surface area contributed by atoms with E-state index in [-0.39, 0.29) is 29.2 Å². The molecule has 0 bridgehead atoms. The SMILES string of the molecule is Cc1ccc(S(=O)(=O)N2CC3Cc4c(ccc5ccccc45)C(c4ccccc4)C3C2=O)cc1. The van der Waals surface area contributed by atoms with E-state index in [4.69, 9.17) is 0 Å². The maximum atomic E-state index is 13.8. The zero-order valence-electron chi connectivity index (χ0n) is 18.9. The minimum Gasteiger partial charge on any atom is -0.273 e. The first-order valence-corrected chi connectivity index (χ1v) is 13.1. The summed E-state index contributed by atoms with van der Waals surface area (Å²) in [5, 5.41) is 2.35. The zero-order chi connectivity index (χ0) is 23.4. The van der Waals surface area contributed by atoms with E-state index in [0.29, 0.717) is 6.42 Å². The molecule has 4 aromatic rings. The summed E-state index contributed by atoms with van der Waals surface area (Å²) in [7, 11) is -3.91. The van der Waals surface area contributed by atoms with E-state index in [0.717, 1.165) is 21.0 Å². The summed E-state index contributed by atoms with van der Waals surface area (Å²) in [5.41, 5.74) is 4.40. The van der Waals surface area contributed by atoms with Gasteiger partial charge in [-0.25, -0.2) is 12.7 Å².